The smallest absolute Gasteiger partial charge is 0.191 e. The average molecular weight is 280 g/mol. The van der Waals surface area contributed by atoms with E-state index in [2.05, 4.69) is 22.2 Å². The van der Waals surface area contributed by atoms with Gasteiger partial charge >= 0.3 is 0 Å². The van der Waals surface area contributed by atoms with Gasteiger partial charge in [-0.15, -0.1) is 0 Å². The van der Waals surface area contributed by atoms with E-state index in [-0.39, 0.29) is 0 Å². The molecule has 0 amide bonds. The molecule has 1 aliphatic heterocycles. The van der Waals surface area contributed by atoms with Gasteiger partial charge in [0, 0.05) is 19.6 Å². The molecule has 4 heteroatoms. The molecule has 2 aliphatic rings. The predicted molar refractivity (Wildman–Crippen MR) is 85.3 cm³/mol. The summed E-state index contributed by atoms with van der Waals surface area (Å²) >= 11 is 0. The van der Waals surface area contributed by atoms with E-state index in [1.54, 1.807) is 0 Å². The summed E-state index contributed by atoms with van der Waals surface area (Å²) in [7, 11) is 2.08. The van der Waals surface area contributed by atoms with Crippen LogP contribution in [0.2, 0.25) is 0 Å². The van der Waals surface area contributed by atoms with Gasteiger partial charge in [-0.2, -0.15) is 0 Å². The van der Waals surface area contributed by atoms with Crippen LogP contribution in [0.15, 0.2) is 0 Å². The van der Waals surface area contributed by atoms with Gasteiger partial charge in [-0.25, -0.2) is 0 Å². The molecule has 4 nitrogen and oxygen atoms in total. The summed E-state index contributed by atoms with van der Waals surface area (Å²) in [6.07, 6.45) is 11.9. The Balaban J connectivity index is 1.56. The normalized spacial score (nSPS) is 21.6. The van der Waals surface area contributed by atoms with Gasteiger partial charge in [-0.3, -0.25) is 5.41 Å². The first-order valence-electron chi connectivity index (χ1n) is 8.55. The summed E-state index contributed by atoms with van der Waals surface area (Å²) in [6.45, 7) is 4.68. The van der Waals surface area contributed by atoms with Crippen LogP contribution in [-0.2, 0) is 0 Å². The fourth-order valence-electron chi connectivity index (χ4n) is 3.47. The highest BCUT2D eigenvalue weighted by Gasteiger charge is 2.19. The van der Waals surface area contributed by atoms with E-state index >= 15 is 0 Å². The summed E-state index contributed by atoms with van der Waals surface area (Å²) in [4.78, 5) is 4.72. The van der Waals surface area contributed by atoms with Crippen LogP contribution >= 0.6 is 0 Å². The SMILES string of the molecule is CN(C(=N)NCCCN1CCCCC1)C1CCCCC1. The minimum Gasteiger partial charge on any atom is -0.356 e. The monoisotopic (exact) mass is 280 g/mol. The van der Waals surface area contributed by atoms with Gasteiger partial charge in [0.2, 0.25) is 0 Å². The first-order valence-corrected chi connectivity index (χ1v) is 8.55. The molecule has 1 heterocycles. The highest BCUT2D eigenvalue weighted by Crippen LogP contribution is 2.21. The molecule has 116 valence electrons. The second kappa shape index (κ2) is 8.50. The van der Waals surface area contributed by atoms with Gasteiger partial charge in [0.25, 0.3) is 0 Å². The van der Waals surface area contributed by atoms with Crippen molar-refractivity contribution in [1.82, 2.24) is 15.1 Å². The molecule has 0 aromatic rings. The fraction of sp³-hybridized carbons (Fsp3) is 0.938. The van der Waals surface area contributed by atoms with E-state index in [1.165, 1.54) is 71.0 Å². The molecule has 2 fully saturated rings. The maximum absolute atomic E-state index is 8.15. The van der Waals surface area contributed by atoms with E-state index in [9.17, 15) is 0 Å². The minimum absolute atomic E-state index is 0.589. The molecular formula is C16H32N4. The van der Waals surface area contributed by atoms with Crippen molar-refractivity contribution in [1.29, 1.82) is 5.41 Å². The zero-order valence-electron chi connectivity index (χ0n) is 13.2. The number of hydrogen-bond acceptors (Lipinski definition) is 2. The van der Waals surface area contributed by atoms with Crippen LogP contribution in [0.1, 0.15) is 57.8 Å². The average Bonchev–Trinajstić information content (AvgIpc) is 2.52. The summed E-state index contributed by atoms with van der Waals surface area (Å²) in [5, 5.41) is 11.5. The maximum Gasteiger partial charge on any atom is 0.191 e. The second-order valence-electron chi connectivity index (χ2n) is 6.43. The number of piperidine rings is 1. The van der Waals surface area contributed by atoms with Crippen LogP contribution in [0.5, 0.6) is 0 Å². The van der Waals surface area contributed by atoms with Crippen LogP contribution in [0.4, 0.5) is 0 Å². The summed E-state index contributed by atoms with van der Waals surface area (Å²) in [6, 6.07) is 0.589. The van der Waals surface area contributed by atoms with E-state index < -0.39 is 0 Å². The van der Waals surface area contributed by atoms with E-state index in [1.807, 2.05) is 0 Å². The Kier molecular flexibility index (Phi) is 6.64. The highest BCUT2D eigenvalue weighted by atomic mass is 15.3. The lowest BCUT2D eigenvalue weighted by Crippen LogP contribution is -2.45. The molecule has 0 unspecified atom stereocenters. The quantitative estimate of drug-likeness (QED) is 0.462. The number of hydrogen-bond donors (Lipinski definition) is 2. The van der Waals surface area contributed by atoms with Crippen molar-refractivity contribution in [3.8, 4) is 0 Å². The molecular weight excluding hydrogens is 248 g/mol. The van der Waals surface area contributed by atoms with Gasteiger partial charge in [-0.1, -0.05) is 25.7 Å². The Morgan fingerprint density at radius 3 is 2.45 bits per heavy atom. The van der Waals surface area contributed by atoms with Crippen molar-refractivity contribution < 1.29 is 0 Å². The molecule has 0 atom stereocenters. The third kappa shape index (κ3) is 4.97. The van der Waals surface area contributed by atoms with E-state index in [0.717, 1.165) is 13.0 Å². The van der Waals surface area contributed by atoms with E-state index in [0.29, 0.717) is 12.0 Å². The van der Waals surface area contributed by atoms with Gasteiger partial charge in [0.05, 0.1) is 0 Å². The standard InChI is InChI=1S/C16H32N4/c1-19(15-9-4-2-5-10-15)16(17)18-11-8-14-20-12-6-3-7-13-20/h15H,2-14H2,1H3,(H2,17,18). The van der Waals surface area contributed by atoms with Crippen molar-refractivity contribution in [3.05, 3.63) is 0 Å². The molecule has 0 bridgehead atoms. The largest absolute Gasteiger partial charge is 0.356 e. The van der Waals surface area contributed by atoms with Gasteiger partial charge in [0.15, 0.2) is 5.96 Å². The molecule has 1 aliphatic carbocycles. The Morgan fingerprint density at radius 1 is 1.10 bits per heavy atom. The van der Waals surface area contributed by atoms with Crippen LogP contribution < -0.4 is 5.32 Å². The lowest BCUT2D eigenvalue weighted by Gasteiger charge is -2.33. The Morgan fingerprint density at radius 2 is 1.75 bits per heavy atom. The lowest BCUT2D eigenvalue weighted by molar-refractivity contribution is 0.226. The second-order valence-corrected chi connectivity index (χ2v) is 6.43. The molecule has 2 N–H and O–H groups in total. The summed E-state index contributed by atoms with van der Waals surface area (Å²) in [5.41, 5.74) is 0. The minimum atomic E-state index is 0.589. The van der Waals surface area contributed by atoms with Crippen LogP contribution in [0, 0.1) is 5.41 Å². The van der Waals surface area contributed by atoms with Crippen molar-refractivity contribution in [2.45, 2.75) is 63.8 Å². The van der Waals surface area contributed by atoms with Crippen LogP contribution in [0.3, 0.4) is 0 Å². The first-order chi connectivity index (χ1) is 9.77. The molecule has 0 aromatic heterocycles. The van der Waals surface area contributed by atoms with Gasteiger partial charge in [0.1, 0.15) is 0 Å². The Hall–Kier alpha value is -0.770. The molecule has 2 rings (SSSR count). The summed E-state index contributed by atoms with van der Waals surface area (Å²) < 4.78 is 0. The zero-order valence-corrected chi connectivity index (χ0v) is 13.2. The van der Waals surface area contributed by atoms with Crippen LogP contribution in [0.25, 0.3) is 0 Å². The van der Waals surface area contributed by atoms with Gasteiger partial charge in [-0.05, 0) is 51.7 Å². The molecule has 0 aromatic carbocycles. The number of nitrogens with one attached hydrogen (secondary N) is 2. The van der Waals surface area contributed by atoms with Gasteiger partial charge < -0.3 is 15.1 Å². The summed E-state index contributed by atoms with van der Waals surface area (Å²) in [5.74, 6) is 0.621. The maximum atomic E-state index is 8.15. The van der Waals surface area contributed by atoms with E-state index in [4.69, 9.17) is 5.41 Å². The van der Waals surface area contributed by atoms with Crippen molar-refractivity contribution >= 4 is 5.96 Å². The number of rotatable bonds is 5. The Bertz CT molecular complexity index is 280. The topological polar surface area (TPSA) is 42.4 Å². The highest BCUT2D eigenvalue weighted by molar-refractivity contribution is 5.76. The number of likely N-dealkylation sites (tertiary alicyclic amines) is 1. The number of guanidine groups is 1. The predicted octanol–water partition coefficient (Wildman–Crippen LogP) is 2.65. The Labute approximate surface area is 124 Å². The zero-order chi connectivity index (χ0) is 14.2. The molecule has 1 saturated heterocycles. The fourth-order valence-corrected chi connectivity index (χ4v) is 3.47. The number of nitrogens with zero attached hydrogens (tertiary/aromatic N) is 2. The van der Waals surface area contributed by atoms with Crippen LogP contribution in [-0.4, -0.2) is 55.0 Å². The molecule has 0 spiro atoms. The lowest BCUT2D eigenvalue weighted by atomic mass is 9.95. The molecule has 20 heavy (non-hydrogen) atoms. The first kappa shape index (κ1) is 15.6. The van der Waals surface area contributed by atoms with Crippen molar-refractivity contribution in [3.63, 3.8) is 0 Å². The van der Waals surface area contributed by atoms with Crippen molar-refractivity contribution in [2.75, 3.05) is 33.2 Å². The third-order valence-corrected chi connectivity index (χ3v) is 4.87. The molecule has 1 saturated carbocycles. The third-order valence-electron chi connectivity index (χ3n) is 4.87. The van der Waals surface area contributed by atoms with Crippen molar-refractivity contribution in [2.24, 2.45) is 0 Å². The molecule has 0 radical (unpaired) electrons.